The molecule has 2 aliphatic rings. The van der Waals surface area contributed by atoms with Crippen LogP contribution in [0.25, 0.3) is 0 Å². The molecule has 0 saturated heterocycles. The van der Waals surface area contributed by atoms with Crippen molar-refractivity contribution in [2.75, 3.05) is 0 Å². The molecule has 1 saturated carbocycles. The highest BCUT2D eigenvalue weighted by Gasteiger charge is 2.16. The fourth-order valence-electron chi connectivity index (χ4n) is 3.45. The molecule has 0 amide bonds. The largest absolute Gasteiger partial charge is 0.490 e. The molecule has 1 aromatic rings. The number of hydrogen-bond acceptors (Lipinski definition) is 1. The Hall–Kier alpha value is -2.72. The molecule has 2 aliphatic carbocycles. The molecular weight excluding hydrogens is 472 g/mol. The van der Waals surface area contributed by atoms with E-state index in [0.717, 1.165) is 12.2 Å². The molecule has 0 radical (unpaired) electrons. The van der Waals surface area contributed by atoms with Gasteiger partial charge < -0.3 is 4.74 Å². The fourth-order valence-corrected chi connectivity index (χ4v) is 3.45. The maximum absolute atomic E-state index is 5.91. The lowest BCUT2D eigenvalue weighted by Gasteiger charge is -2.14. The molecule has 1 nitrogen and oxygen atoms in total. The van der Waals surface area contributed by atoms with Crippen molar-refractivity contribution in [1.82, 2.24) is 0 Å². The Bertz CT molecular complexity index is 875. The Morgan fingerprint density at radius 1 is 0.897 bits per heavy atom. The summed E-state index contributed by atoms with van der Waals surface area (Å²) in [6.45, 7) is 32.1. The summed E-state index contributed by atoms with van der Waals surface area (Å²) >= 11 is 0. The van der Waals surface area contributed by atoms with E-state index in [2.05, 4.69) is 82.5 Å². The van der Waals surface area contributed by atoms with Crippen LogP contribution in [0, 0.1) is 18.8 Å². The van der Waals surface area contributed by atoms with E-state index in [-0.39, 0.29) is 0 Å². The van der Waals surface area contributed by atoms with Gasteiger partial charge in [-0.25, -0.2) is 0 Å². The Morgan fingerprint density at radius 2 is 1.44 bits per heavy atom. The third kappa shape index (κ3) is 20.9. The van der Waals surface area contributed by atoms with E-state index in [1.165, 1.54) is 53.5 Å². The maximum atomic E-state index is 5.91. The average molecular weight is 537 g/mol. The van der Waals surface area contributed by atoms with Crippen molar-refractivity contribution in [3.05, 3.63) is 89.1 Å². The smallest absolute Gasteiger partial charge is 0.122 e. The molecule has 0 bridgehead atoms. The van der Waals surface area contributed by atoms with Crippen molar-refractivity contribution in [2.45, 2.75) is 135 Å². The van der Waals surface area contributed by atoms with Crippen molar-refractivity contribution in [1.29, 1.82) is 0 Å². The second-order valence-corrected chi connectivity index (χ2v) is 7.60. The first-order valence-electron chi connectivity index (χ1n) is 15.6. The van der Waals surface area contributed by atoms with Gasteiger partial charge in [0.2, 0.25) is 0 Å². The Labute approximate surface area is 246 Å². The standard InChI is InChI=1S/C16H18.C12H16O.5C2H6/c1-5-13(3)12-15(6-2)16-11-9-7-8-10-14(16)4;1-10-6-2-5-9-12(10)13-11-7-3-4-8-11;5*1-2/h5-6,10-12H,1,9H2,2-4H3;2,5-6,9,11H,3-4,7-8H2,1H3;5*1-2H3/b13-12-,15-6+;;;;;;. The van der Waals surface area contributed by atoms with Crippen LogP contribution < -0.4 is 4.74 Å². The lowest BCUT2D eigenvalue weighted by molar-refractivity contribution is 0.208. The van der Waals surface area contributed by atoms with Gasteiger partial charge in [-0.15, -0.1) is 0 Å². The highest BCUT2D eigenvalue weighted by Crippen LogP contribution is 2.26. The molecule has 0 aliphatic heterocycles. The number of aryl methyl sites for hydroxylation is 1. The van der Waals surface area contributed by atoms with Gasteiger partial charge in [0.1, 0.15) is 5.75 Å². The summed E-state index contributed by atoms with van der Waals surface area (Å²) < 4.78 is 5.91. The number of allylic oxidation sites excluding steroid dienone is 9. The Morgan fingerprint density at radius 3 is 1.92 bits per heavy atom. The van der Waals surface area contributed by atoms with Gasteiger partial charge in [0, 0.05) is 6.42 Å². The quantitative estimate of drug-likeness (QED) is 0.268. The SMILES string of the molecule is C=C/C(C)=C\C(=C/C)C1=CCC#CC=C1C.CC.CC.CC.CC.CC.Cc1ccccc1OC1CCCC1. The zero-order valence-electron chi connectivity index (χ0n) is 28.4. The lowest BCUT2D eigenvalue weighted by Crippen LogP contribution is -2.11. The van der Waals surface area contributed by atoms with Gasteiger partial charge in [0.05, 0.1) is 6.10 Å². The summed E-state index contributed by atoms with van der Waals surface area (Å²) in [5, 5.41) is 0. The normalized spacial score (nSPS) is 13.5. The highest BCUT2D eigenvalue weighted by molar-refractivity contribution is 5.55. The first-order valence-corrected chi connectivity index (χ1v) is 15.6. The molecule has 222 valence electrons. The van der Waals surface area contributed by atoms with E-state index in [0.29, 0.717) is 6.10 Å². The Kier molecular flexibility index (Phi) is 37.0. The highest BCUT2D eigenvalue weighted by atomic mass is 16.5. The number of para-hydroxylation sites is 1. The summed E-state index contributed by atoms with van der Waals surface area (Å²) in [5.74, 6) is 7.19. The number of ether oxygens (including phenoxy) is 1. The summed E-state index contributed by atoms with van der Waals surface area (Å²) in [6, 6.07) is 8.26. The topological polar surface area (TPSA) is 9.23 Å². The minimum absolute atomic E-state index is 0.473. The second-order valence-electron chi connectivity index (χ2n) is 7.60. The predicted octanol–water partition coefficient (Wildman–Crippen LogP) is 12.8. The van der Waals surface area contributed by atoms with Gasteiger partial charge in [-0.1, -0.05) is 136 Å². The fraction of sp³-hybridized carbons (Fsp3) is 0.526. The Balaban J connectivity index is -0.000000240. The van der Waals surface area contributed by atoms with Crippen molar-refractivity contribution in [3.63, 3.8) is 0 Å². The first kappa shape index (κ1) is 43.3. The number of hydrogen-bond donors (Lipinski definition) is 0. The maximum Gasteiger partial charge on any atom is 0.122 e. The van der Waals surface area contributed by atoms with Gasteiger partial charge in [-0.3, -0.25) is 0 Å². The molecule has 0 unspecified atom stereocenters. The minimum Gasteiger partial charge on any atom is -0.490 e. The van der Waals surface area contributed by atoms with Crippen LogP contribution in [0.3, 0.4) is 0 Å². The average Bonchev–Trinajstić information content (AvgIpc) is 3.44. The van der Waals surface area contributed by atoms with Gasteiger partial charge in [0.15, 0.2) is 0 Å². The summed E-state index contributed by atoms with van der Waals surface area (Å²) in [5.41, 5.74) is 6.14. The molecule has 1 aromatic carbocycles. The van der Waals surface area contributed by atoms with Gasteiger partial charge >= 0.3 is 0 Å². The van der Waals surface area contributed by atoms with Crippen LogP contribution in [0.5, 0.6) is 5.75 Å². The van der Waals surface area contributed by atoms with Crippen molar-refractivity contribution >= 4 is 0 Å². The first-order chi connectivity index (χ1) is 19.0. The van der Waals surface area contributed by atoms with Gasteiger partial charge in [-0.05, 0) is 87.8 Å². The van der Waals surface area contributed by atoms with E-state index in [9.17, 15) is 0 Å². The second kappa shape index (κ2) is 33.3. The van der Waals surface area contributed by atoms with E-state index < -0.39 is 0 Å². The van der Waals surface area contributed by atoms with Crippen molar-refractivity contribution in [2.24, 2.45) is 0 Å². The molecule has 3 rings (SSSR count). The molecule has 0 spiro atoms. The van der Waals surface area contributed by atoms with Crippen LogP contribution in [0.4, 0.5) is 0 Å². The summed E-state index contributed by atoms with van der Waals surface area (Å²) in [7, 11) is 0. The van der Waals surface area contributed by atoms with Crippen LogP contribution in [0.1, 0.15) is 128 Å². The van der Waals surface area contributed by atoms with E-state index in [4.69, 9.17) is 4.74 Å². The lowest BCUT2D eigenvalue weighted by atomic mass is 9.96. The third-order valence-corrected chi connectivity index (χ3v) is 5.24. The van der Waals surface area contributed by atoms with Gasteiger partial charge in [0.25, 0.3) is 0 Å². The third-order valence-electron chi connectivity index (χ3n) is 5.24. The van der Waals surface area contributed by atoms with E-state index in [1.54, 1.807) is 0 Å². The zero-order chi connectivity index (χ0) is 31.1. The van der Waals surface area contributed by atoms with E-state index >= 15 is 0 Å². The summed E-state index contributed by atoms with van der Waals surface area (Å²) in [6.07, 6.45) is 16.7. The minimum atomic E-state index is 0.473. The molecule has 0 aromatic heterocycles. The van der Waals surface area contributed by atoms with Gasteiger partial charge in [-0.2, -0.15) is 0 Å². The van der Waals surface area contributed by atoms with Crippen LogP contribution in [-0.2, 0) is 0 Å². The number of rotatable bonds is 5. The molecule has 39 heavy (non-hydrogen) atoms. The number of benzene rings is 1. The van der Waals surface area contributed by atoms with Crippen LogP contribution in [-0.4, -0.2) is 6.10 Å². The molecule has 0 heterocycles. The van der Waals surface area contributed by atoms with Crippen molar-refractivity contribution < 1.29 is 4.74 Å². The van der Waals surface area contributed by atoms with Crippen molar-refractivity contribution in [3.8, 4) is 17.6 Å². The molecular formula is C38H64O. The molecule has 1 fully saturated rings. The molecule has 0 atom stereocenters. The summed E-state index contributed by atoms with van der Waals surface area (Å²) in [4.78, 5) is 0. The van der Waals surface area contributed by atoms with E-state index in [1.807, 2.05) is 87.5 Å². The molecule has 1 heteroatoms. The zero-order valence-corrected chi connectivity index (χ0v) is 28.4. The van der Waals surface area contributed by atoms with Crippen LogP contribution >= 0.6 is 0 Å². The monoisotopic (exact) mass is 536 g/mol. The predicted molar refractivity (Wildman–Crippen MR) is 183 cm³/mol. The van der Waals surface area contributed by atoms with Crippen LogP contribution in [0.2, 0.25) is 0 Å². The van der Waals surface area contributed by atoms with Crippen LogP contribution in [0.15, 0.2) is 83.5 Å². The molecule has 0 N–H and O–H groups in total.